The van der Waals surface area contributed by atoms with Gasteiger partial charge in [-0.15, -0.1) is 0 Å². The van der Waals surface area contributed by atoms with Crippen LogP contribution in [0.1, 0.15) is 65.7 Å². The van der Waals surface area contributed by atoms with Crippen LogP contribution in [0.25, 0.3) is 0 Å². The van der Waals surface area contributed by atoms with E-state index in [0.29, 0.717) is 6.10 Å². The molecule has 0 aromatic rings. The lowest BCUT2D eigenvalue weighted by Gasteiger charge is -2.42. The van der Waals surface area contributed by atoms with Gasteiger partial charge in [0.05, 0.1) is 6.10 Å². The highest BCUT2D eigenvalue weighted by atomic mass is 16.5. The summed E-state index contributed by atoms with van der Waals surface area (Å²) in [5, 5.41) is 0. The van der Waals surface area contributed by atoms with Crippen molar-refractivity contribution in [2.75, 3.05) is 39.8 Å². The molecule has 1 aliphatic carbocycles. The fourth-order valence-electron chi connectivity index (χ4n) is 4.25. The molecule has 136 valence electrons. The molecule has 0 N–H and O–H groups in total. The highest BCUT2D eigenvalue weighted by Crippen LogP contribution is 2.29. The molecule has 2 rings (SSSR count). The normalized spacial score (nSPS) is 28.0. The highest BCUT2D eigenvalue weighted by molar-refractivity contribution is 4.87. The summed E-state index contributed by atoms with van der Waals surface area (Å²) in [6.45, 7) is 13.0. The molecule has 1 aliphatic heterocycles. The fraction of sp³-hybridized carbons (Fsp3) is 1.00. The standard InChI is InChI=1S/C20H40N2O/c1-5-7-17(3)16-21(4)19-14-20(15-19)23-13-10-18-8-11-22(6-2)12-9-18/h17-20H,5-16H2,1-4H3/t17?,19-,20-. The minimum Gasteiger partial charge on any atom is -0.378 e. The third-order valence-electron chi connectivity index (χ3n) is 6.11. The maximum Gasteiger partial charge on any atom is 0.0605 e. The second-order valence-electron chi connectivity index (χ2n) is 8.12. The van der Waals surface area contributed by atoms with Crippen molar-refractivity contribution in [3.8, 4) is 0 Å². The average Bonchev–Trinajstić information content (AvgIpc) is 2.50. The molecule has 0 aromatic heterocycles. The van der Waals surface area contributed by atoms with Crippen LogP contribution in [0.15, 0.2) is 0 Å². The van der Waals surface area contributed by atoms with E-state index >= 15 is 0 Å². The summed E-state index contributed by atoms with van der Waals surface area (Å²) >= 11 is 0. The van der Waals surface area contributed by atoms with Gasteiger partial charge in [-0.1, -0.05) is 27.2 Å². The number of nitrogens with zero attached hydrogens (tertiary/aromatic N) is 2. The summed E-state index contributed by atoms with van der Waals surface area (Å²) in [6, 6.07) is 0.770. The van der Waals surface area contributed by atoms with Gasteiger partial charge in [0.1, 0.15) is 0 Å². The first-order valence-corrected chi connectivity index (χ1v) is 10.2. The maximum absolute atomic E-state index is 6.13. The molecule has 1 saturated carbocycles. The van der Waals surface area contributed by atoms with Crippen LogP contribution in [-0.2, 0) is 4.74 Å². The minimum atomic E-state index is 0.541. The number of ether oxygens (including phenoxy) is 1. The molecule has 1 saturated heterocycles. The minimum absolute atomic E-state index is 0.541. The van der Waals surface area contributed by atoms with E-state index in [1.807, 2.05) is 0 Å². The van der Waals surface area contributed by atoms with Crippen molar-refractivity contribution in [3.63, 3.8) is 0 Å². The van der Waals surface area contributed by atoms with Gasteiger partial charge in [0, 0.05) is 19.2 Å². The van der Waals surface area contributed by atoms with Crippen LogP contribution >= 0.6 is 0 Å². The monoisotopic (exact) mass is 324 g/mol. The molecule has 0 amide bonds. The zero-order valence-corrected chi connectivity index (χ0v) is 16.1. The number of hydrogen-bond acceptors (Lipinski definition) is 3. The van der Waals surface area contributed by atoms with Crippen LogP contribution in [-0.4, -0.2) is 61.8 Å². The smallest absolute Gasteiger partial charge is 0.0605 e. The first-order valence-electron chi connectivity index (χ1n) is 10.2. The van der Waals surface area contributed by atoms with Gasteiger partial charge in [0.25, 0.3) is 0 Å². The number of hydrogen-bond donors (Lipinski definition) is 0. The van der Waals surface area contributed by atoms with E-state index in [9.17, 15) is 0 Å². The molecule has 0 aromatic carbocycles. The van der Waals surface area contributed by atoms with Crippen molar-refractivity contribution in [2.24, 2.45) is 11.8 Å². The molecule has 23 heavy (non-hydrogen) atoms. The van der Waals surface area contributed by atoms with Crippen LogP contribution in [0.2, 0.25) is 0 Å². The van der Waals surface area contributed by atoms with Crippen LogP contribution in [0, 0.1) is 11.8 Å². The molecule has 1 heterocycles. The van der Waals surface area contributed by atoms with E-state index in [-0.39, 0.29) is 0 Å². The predicted molar refractivity (Wildman–Crippen MR) is 98.9 cm³/mol. The summed E-state index contributed by atoms with van der Waals surface area (Å²) < 4.78 is 6.13. The molecular formula is C20H40N2O. The van der Waals surface area contributed by atoms with Crippen molar-refractivity contribution in [1.29, 1.82) is 0 Å². The summed E-state index contributed by atoms with van der Waals surface area (Å²) in [4.78, 5) is 5.14. The molecule has 0 spiro atoms. The third-order valence-corrected chi connectivity index (χ3v) is 6.11. The van der Waals surface area contributed by atoms with E-state index in [2.05, 4.69) is 37.6 Å². The van der Waals surface area contributed by atoms with E-state index in [0.717, 1.165) is 24.5 Å². The Bertz CT molecular complexity index is 309. The van der Waals surface area contributed by atoms with Crippen LogP contribution < -0.4 is 0 Å². The molecule has 0 radical (unpaired) electrons. The lowest BCUT2D eigenvalue weighted by Crippen LogP contribution is -2.47. The Morgan fingerprint density at radius 1 is 1.17 bits per heavy atom. The topological polar surface area (TPSA) is 15.7 Å². The number of piperidine rings is 1. The zero-order valence-electron chi connectivity index (χ0n) is 16.1. The van der Waals surface area contributed by atoms with Crippen molar-refractivity contribution in [2.45, 2.75) is 77.9 Å². The Morgan fingerprint density at radius 3 is 2.48 bits per heavy atom. The molecule has 1 unspecified atom stereocenters. The van der Waals surface area contributed by atoms with Gasteiger partial charge >= 0.3 is 0 Å². The third kappa shape index (κ3) is 6.36. The van der Waals surface area contributed by atoms with Crippen molar-refractivity contribution < 1.29 is 4.74 Å². The van der Waals surface area contributed by atoms with E-state index in [1.165, 1.54) is 71.1 Å². The van der Waals surface area contributed by atoms with E-state index < -0.39 is 0 Å². The Kier molecular flexibility index (Phi) is 8.35. The number of rotatable bonds is 10. The highest BCUT2D eigenvalue weighted by Gasteiger charge is 2.33. The summed E-state index contributed by atoms with van der Waals surface area (Å²) in [5.41, 5.74) is 0. The first-order chi connectivity index (χ1) is 11.1. The van der Waals surface area contributed by atoms with Crippen molar-refractivity contribution in [3.05, 3.63) is 0 Å². The Hall–Kier alpha value is -0.120. The fourth-order valence-corrected chi connectivity index (χ4v) is 4.25. The predicted octanol–water partition coefficient (Wildman–Crippen LogP) is 4.02. The zero-order chi connectivity index (χ0) is 16.7. The molecule has 1 atom stereocenters. The van der Waals surface area contributed by atoms with Gasteiger partial charge in [-0.05, 0) is 77.0 Å². The van der Waals surface area contributed by atoms with Crippen LogP contribution in [0.4, 0.5) is 0 Å². The van der Waals surface area contributed by atoms with Gasteiger partial charge in [0.15, 0.2) is 0 Å². The molecule has 0 bridgehead atoms. The summed E-state index contributed by atoms with van der Waals surface area (Å²) in [7, 11) is 2.30. The van der Waals surface area contributed by atoms with Gasteiger partial charge in [0.2, 0.25) is 0 Å². The Balaban J connectivity index is 1.50. The van der Waals surface area contributed by atoms with Crippen LogP contribution in [0.3, 0.4) is 0 Å². The second-order valence-corrected chi connectivity index (χ2v) is 8.12. The Labute approximate surface area is 144 Å². The second kappa shape index (κ2) is 10.0. The van der Waals surface area contributed by atoms with Crippen LogP contribution in [0.5, 0.6) is 0 Å². The summed E-state index contributed by atoms with van der Waals surface area (Å²) in [5.74, 6) is 1.74. The van der Waals surface area contributed by atoms with Gasteiger partial charge in [-0.3, -0.25) is 0 Å². The van der Waals surface area contributed by atoms with Crippen molar-refractivity contribution in [1.82, 2.24) is 9.80 Å². The van der Waals surface area contributed by atoms with Crippen molar-refractivity contribution >= 4 is 0 Å². The van der Waals surface area contributed by atoms with E-state index in [4.69, 9.17) is 4.74 Å². The van der Waals surface area contributed by atoms with Gasteiger partial charge in [-0.2, -0.15) is 0 Å². The van der Waals surface area contributed by atoms with E-state index in [1.54, 1.807) is 0 Å². The Morgan fingerprint density at radius 2 is 1.87 bits per heavy atom. The lowest BCUT2D eigenvalue weighted by molar-refractivity contribution is -0.0525. The molecular weight excluding hydrogens is 284 g/mol. The first kappa shape index (κ1) is 19.2. The molecule has 2 aliphatic rings. The quantitative estimate of drug-likeness (QED) is 0.603. The maximum atomic E-state index is 6.13. The average molecular weight is 325 g/mol. The van der Waals surface area contributed by atoms with Gasteiger partial charge < -0.3 is 14.5 Å². The number of likely N-dealkylation sites (tertiary alicyclic amines) is 1. The van der Waals surface area contributed by atoms with Gasteiger partial charge in [-0.25, -0.2) is 0 Å². The lowest BCUT2D eigenvalue weighted by atomic mass is 9.87. The largest absolute Gasteiger partial charge is 0.378 e. The summed E-state index contributed by atoms with van der Waals surface area (Å²) in [6.07, 6.45) is 9.75. The SMILES string of the molecule is CCCC(C)CN(C)[C@H]1C[C@H](OCCC2CCN(CC)CC2)C1. The molecule has 2 fully saturated rings. The molecule has 3 heteroatoms. The molecule has 3 nitrogen and oxygen atoms in total.